The van der Waals surface area contributed by atoms with Crippen molar-refractivity contribution >= 4 is 14.3 Å². The zero-order valence-corrected chi connectivity index (χ0v) is 9.87. The van der Waals surface area contributed by atoms with Crippen molar-refractivity contribution in [3.63, 3.8) is 0 Å². The van der Waals surface area contributed by atoms with Gasteiger partial charge in [0.25, 0.3) is 0 Å². The van der Waals surface area contributed by atoms with E-state index in [-0.39, 0.29) is 11.3 Å². The first-order chi connectivity index (χ1) is 6.81. The fourth-order valence-electron chi connectivity index (χ4n) is 1.13. The molecule has 82 valence electrons. The lowest BCUT2D eigenvalue weighted by molar-refractivity contribution is 0.0689. The minimum Gasteiger partial charge on any atom is -0.544 e. The van der Waals surface area contributed by atoms with Crippen LogP contribution in [0.2, 0.25) is 19.6 Å². The lowest BCUT2D eigenvalue weighted by Gasteiger charge is -2.20. The predicted octanol–water partition coefficient (Wildman–Crippen LogP) is 2.74. The van der Waals surface area contributed by atoms with E-state index in [0.717, 1.165) is 6.07 Å². The van der Waals surface area contributed by atoms with Gasteiger partial charge in [0.05, 0.1) is 0 Å². The van der Waals surface area contributed by atoms with Crippen molar-refractivity contribution in [3.8, 4) is 5.75 Å². The number of carbonyl (C=O) groups is 1. The van der Waals surface area contributed by atoms with Gasteiger partial charge < -0.3 is 9.53 Å². The minimum atomic E-state index is -1.93. The van der Waals surface area contributed by atoms with Crippen LogP contribution in [-0.4, -0.2) is 19.4 Å². The number of hydrogen-bond donors (Lipinski definition) is 1. The standard InChI is InChI=1S/C10H13FO3Si/c1-15(2,3)14-8-6-4-5-7(11)9(8)10(12)13/h4-6H,1-3H3,(H,12,13). The third-order valence-corrected chi connectivity index (χ3v) is 2.44. The summed E-state index contributed by atoms with van der Waals surface area (Å²) in [4.78, 5) is 10.8. The summed E-state index contributed by atoms with van der Waals surface area (Å²) < 4.78 is 18.7. The lowest BCUT2D eigenvalue weighted by atomic mass is 10.2. The van der Waals surface area contributed by atoms with Gasteiger partial charge in [0, 0.05) is 0 Å². The molecule has 0 saturated heterocycles. The molecule has 0 amide bonds. The van der Waals surface area contributed by atoms with Crippen molar-refractivity contribution in [1.82, 2.24) is 0 Å². The number of rotatable bonds is 3. The number of benzene rings is 1. The molecular formula is C10H13FO3Si. The van der Waals surface area contributed by atoms with Gasteiger partial charge in [-0.15, -0.1) is 0 Å². The average molecular weight is 228 g/mol. The summed E-state index contributed by atoms with van der Waals surface area (Å²) >= 11 is 0. The van der Waals surface area contributed by atoms with Gasteiger partial charge in [-0.1, -0.05) is 6.07 Å². The zero-order chi connectivity index (χ0) is 11.6. The summed E-state index contributed by atoms with van der Waals surface area (Å²) in [5.74, 6) is -1.96. The van der Waals surface area contributed by atoms with E-state index in [1.54, 1.807) is 0 Å². The second kappa shape index (κ2) is 4.02. The Labute approximate surface area is 88.6 Å². The molecule has 0 atom stereocenters. The number of carboxylic acid groups (broad SMARTS) is 1. The summed E-state index contributed by atoms with van der Waals surface area (Å²) in [7, 11) is -1.93. The van der Waals surface area contributed by atoms with Gasteiger partial charge >= 0.3 is 5.97 Å². The van der Waals surface area contributed by atoms with Gasteiger partial charge in [-0.25, -0.2) is 9.18 Å². The molecule has 1 aromatic carbocycles. The van der Waals surface area contributed by atoms with Crippen molar-refractivity contribution in [2.75, 3.05) is 0 Å². The highest BCUT2D eigenvalue weighted by atomic mass is 28.4. The van der Waals surface area contributed by atoms with Crippen LogP contribution in [-0.2, 0) is 0 Å². The van der Waals surface area contributed by atoms with Crippen molar-refractivity contribution in [2.24, 2.45) is 0 Å². The van der Waals surface area contributed by atoms with Crippen molar-refractivity contribution < 1.29 is 18.7 Å². The number of carboxylic acids is 1. The van der Waals surface area contributed by atoms with Gasteiger partial charge in [0.2, 0.25) is 8.32 Å². The Bertz CT molecular complexity index is 385. The molecule has 3 nitrogen and oxygen atoms in total. The molecule has 0 spiro atoms. The van der Waals surface area contributed by atoms with E-state index in [1.165, 1.54) is 12.1 Å². The first-order valence-corrected chi connectivity index (χ1v) is 7.93. The molecule has 0 saturated carbocycles. The maximum atomic E-state index is 13.2. The molecule has 0 aliphatic heterocycles. The highest BCUT2D eigenvalue weighted by molar-refractivity contribution is 6.70. The van der Waals surface area contributed by atoms with Gasteiger partial charge in [-0.3, -0.25) is 0 Å². The topological polar surface area (TPSA) is 46.5 Å². The summed E-state index contributed by atoms with van der Waals surface area (Å²) in [6, 6.07) is 4.03. The van der Waals surface area contributed by atoms with E-state index in [1.807, 2.05) is 19.6 Å². The molecule has 15 heavy (non-hydrogen) atoms. The SMILES string of the molecule is C[Si](C)(C)Oc1cccc(F)c1C(=O)O. The summed E-state index contributed by atoms with van der Waals surface area (Å²) in [6.07, 6.45) is 0. The van der Waals surface area contributed by atoms with E-state index < -0.39 is 20.1 Å². The van der Waals surface area contributed by atoms with Crippen LogP contribution in [0.5, 0.6) is 5.75 Å². The molecule has 0 unspecified atom stereocenters. The fourth-order valence-corrected chi connectivity index (χ4v) is 1.96. The number of halogens is 1. The lowest BCUT2D eigenvalue weighted by Crippen LogP contribution is -2.30. The average Bonchev–Trinajstić information content (AvgIpc) is 1.99. The molecule has 0 fully saturated rings. The Morgan fingerprint density at radius 2 is 2.00 bits per heavy atom. The summed E-state index contributed by atoms with van der Waals surface area (Å²) in [5, 5.41) is 8.84. The Morgan fingerprint density at radius 1 is 1.40 bits per heavy atom. The maximum absolute atomic E-state index is 13.2. The van der Waals surface area contributed by atoms with E-state index in [0.29, 0.717) is 0 Å². The van der Waals surface area contributed by atoms with E-state index in [4.69, 9.17) is 9.53 Å². The van der Waals surface area contributed by atoms with E-state index in [9.17, 15) is 9.18 Å². The number of aromatic carboxylic acids is 1. The predicted molar refractivity (Wildman–Crippen MR) is 57.3 cm³/mol. The molecule has 1 rings (SSSR count). The molecule has 0 aliphatic carbocycles. The smallest absolute Gasteiger partial charge is 0.342 e. The molecule has 5 heteroatoms. The molecular weight excluding hydrogens is 215 g/mol. The van der Waals surface area contributed by atoms with E-state index >= 15 is 0 Å². The summed E-state index contributed by atoms with van der Waals surface area (Å²) in [5.41, 5.74) is -0.389. The van der Waals surface area contributed by atoms with Crippen molar-refractivity contribution in [2.45, 2.75) is 19.6 Å². The van der Waals surface area contributed by atoms with E-state index in [2.05, 4.69) is 0 Å². The number of hydrogen-bond acceptors (Lipinski definition) is 2. The Kier molecular flexibility index (Phi) is 3.14. The Balaban J connectivity index is 3.18. The molecule has 0 bridgehead atoms. The van der Waals surface area contributed by atoms with Gasteiger partial charge in [-0.05, 0) is 31.8 Å². The van der Waals surface area contributed by atoms with Crippen molar-refractivity contribution in [1.29, 1.82) is 0 Å². The zero-order valence-electron chi connectivity index (χ0n) is 8.87. The highest BCUT2D eigenvalue weighted by Gasteiger charge is 2.22. The highest BCUT2D eigenvalue weighted by Crippen LogP contribution is 2.24. The van der Waals surface area contributed by atoms with Gasteiger partial charge in [0.15, 0.2) is 0 Å². The molecule has 1 aromatic rings. The maximum Gasteiger partial charge on any atom is 0.342 e. The van der Waals surface area contributed by atoms with Crippen LogP contribution in [0.1, 0.15) is 10.4 Å². The van der Waals surface area contributed by atoms with Crippen LogP contribution in [0.15, 0.2) is 18.2 Å². The van der Waals surface area contributed by atoms with Crippen LogP contribution < -0.4 is 4.43 Å². The van der Waals surface area contributed by atoms with Crippen LogP contribution in [0, 0.1) is 5.82 Å². The molecule has 1 N–H and O–H groups in total. The third-order valence-electron chi connectivity index (χ3n) is 1.61. The second-order valence-corrected chi connectivity index (χ2v) is 8.56. The first-order valence-electron chi connectivity index (χ1n) is 4.52. The second-order valence-electron chi connectivity index (χ2n) is 4.13. The van der Waals surface area contributed by atoms with Crippen LogP contribution in [0.25, 0.3) is 0 Å². The van der Waals surface area contributed by atoms with Crippen LogP contribution in [0.4, 0.5) is 4.39 Å². The minimum absolute atomic E-state index is 0.113. The molecule has 0 heterocycles. The van der Waals surface area contributed by atoms with Crippen LogP contribution in [0.3, 0.4) is 0 Å². The van der Waals surface area contributed by atoms with Gasteiger partial charge in [0.1, 0.15) is 17.1 Å². The van der Waals surface area contributed by atoms with Crippen LogP contribution >= 0.6 is 0 Å². The van der Waals surface area contributed by atoms with Crippen molar-refractivity contribution in [3.05, 3.63) is 29.6 Å². The Morgan fingerprint density at radius 3 is 2.47 bits per heavy atom. The Hall–Kier alpha value is -1.36. The quantitative estimate of drug-likeness (QED) is 0.809. The molecule has 0 aliphatic rings. The monoisotopic (exact) mass is 228 g/mol. The first kappa shape index (κ1) is 11.7. The largest absolute Gasteiger partial charge is 0.544 e. The normalized spacial score (nSPS) is 11.2. The fraction of sp³-hybridized carbons (Fsp3) is 0.300. The molecule has 0 radical (unpaired) electrons. The summed E-state index contributed by atoms with van der Waals surface area (Å²) in [6.45, 7) is 5.72. The van der Waals surface area contributed by atoms with Gasteiger partial charge in [-0.2, -0.15) is 0 Å². The molecule has 0 aromatic heterocycles. The third kappa shape index (κ3) is 3.05.